The Labute approximate surface area is 170 Å². The number of piperazine rings is 1. The first-order chi connectivity index (χ1) is 14.2. The number of hydrogen-bond acceptors (Lipinski definition) is 5. The summed E-state index contributed by atoms with van der Waals surface area (Å²) in [6.07, 6.45) is 8.55. The standard InChI is InChI=1S/C22H27FN6/c23-20-2-1-3-21-19(20)8-9-29(21)17-6-4-16(5-7-17)27-10-12-28(13-11-27)18-14-22(24)26-25-15-18/h1-3,8-9,14-17H,4-7,10-13H2,(H2,24,26)/t16-,17+. The van der Waals surface area contributed by atoms with Crippen molar-refractivity contribution in [3.05, 3.63) is 48.5 Å². The van der Waals surface area contributed by atoms with Crippen LogP contribution in [0.1, 0.15) is 31.7 Å². The highest BCUT2D eigenvalue weighted by atomic mass is 19.1. The number of nitrogen functional groups attached to an aromatic ring is 1. The van der Waals surface area contributed by atoms with Crippen LogP contribution in [0, 0.1) is 5.82 Å². The molecule has 0 amide bonds. The van der Waals surface area contributed by atoms with Crippen molar-refractivity contribution < 1.29 is 4.39 Å². The molecule has 3 heterocycles. The molecule has 1 saturated carbocycles. The summed E-state index contributed by atoms with van der Waals surface area (Å²) in [4.78, 5) is 4.98. The third kappa shape index (κ3) is 3.55. The minimum Gasteiger partial charge on any atom is -0.382 e. The van der Waals surface area contributed by atoms with Gasteiger partial charge in [-0.2, -0.15) is 5.10 Å². The first-order valence-corrected chi connectivity index (χ1v) is 10.5. The number of hydrogen-bond donors (Lipinski definition) is 1. The van der Waals surface area contributed by atoms with Crippen LogP contribution in [0.3, 0.4) is 0 Å². The number of nitrogens with two attached hydrogens (primary N) is 1. The summed E-state index contributed by atoms with van der Waals surface area (Å²) in [7, 11) is 0. The van der Waals surface area contributed by atoms with E-state index < -0.39 is 0 Å². The minimum atomic E-state index is -0.126. The van der Waals surface area contributed by atoms with Gasteiger partial charge < -0.3 is 15.2 Å². The summed E-state index contributed by atoms with van der Waals surface area (Å²) in [5.74, 6) is 0.347. The zero-order valence-corrected chi connectivity index (χ0v) is 16.5. The molecule has 0 unspecified atom stereocenters. The van der Waals surface area contributed by atoms with Crippen LogP contribution in [0.25, 0.3) is 10.9 Å². The molecule has 7 heteroatoms. The lowest BCUT2D eigenvalue weighted by atomic mass is 9.89. The molecule has 0 atom stereocenters. The van der Waals surface area contributed by atoms with E-state index in [0.717, 1.165) is 55.6 Å². The number of benzene rings is 1. The molecule has 1 saturated heterocycles. The Morgan fingerprint density at radius 2 is 1.72 bits per heavy atom. The van der Waals surface area contributed by atoms with Crippen molar-refractivity contribution in [1.29, 1.82) is 0 Å². The Bertz CT molecular complexity index is 986. The second-order valence-electron chi connectivity index (χ2n) is 8.22. The zero-order valence-electron chi connectivity index (χ0n) is 16.5. The van der Waals surface area contributed by atoms with Gasteiger partial charge in [0.15, 0.2) is 0 Å². The number of anilines is 2. The summed E-state index contributed by atoms with van der Waals surface area (Å²) in [6, 6.07) is 10.3. The average molecular weight is 394 g/mol. The Hall–Kier alpha value is -2.67. The van der Waals surface area contributed by atoms with Crippen LogP contribution in [0.4, 0.5) is 15.9 Å². The monoisotopic (exact) mass is 394 g/mol. The topological polar surface area (TPSA) is 63.2 Å². The lowest BCUT2D eigenvalue weighted by Crippen LogP contribution is -2.51. The zero-order chi connectivity index (χ0) is 19.8. The van der Waals surface area contributed by atoms with E-state index >= 15 is 0 Å². The molecule has 3 aromatic rings. The van der Waals surface area contributed by atoms with E-state index in [0.29, 0.717) is 17.9 Å². The highest BCUT2D eigenvalue weighted by Crippen LogP contribution is 2.34. The van der Waals surface area contributed by atoms with Crippen molar-refractivity contribution in [2.75, 3.05) is 36.8 Å². The molecule has 152 valence electrons. The van der Waals surface area contributed by atoms with E-state index in [4.69, 9.17) is 5.73 Å². The van der Waals surface area contributed by atoms with Crippen LogP contribution in [0.2, 0.25) is 0 Å². The van der Waals surface area contributed by atoms with Gasteiger partial charge in [0.25, 0.3) is 0 Å². The molecule has 1 aliphatic heterocycles. The second-order valence-corrected chi connectivity index (χ2v) is 8.22. The Morgan fingerprint density at radius 1 is 0.966 bits per heavy atom. The molecule has 2 N–H and O–H groups in total. The van der Waals surface area contributed by atoms with Crippen LogP contribution in [-0.2, 0) is 0 Å². The van der Waals surface area contributed by atoms with Crippen molar-refractivity contribution in [3.63, 3.8) is 0 Å². The fourth-order valence-corrected chi connectivity index (χ4v) is 5.06. The quantitative estimate of drug-likeness (QED) is 0.737. The van der Waals surface area contributed by atoms with E-state index in [1.165, 1.54) is 12.8 Å². The van der Waals surface area contributed by atoms with Gasteiger partial charge in [-0.3, -0.25) is 4.90 Å². The second kappa shape index (κ2) is 7.63. The van der Waals surface area contributed by atoms with Crippen LogP contribution in [0.5, 0.6) is 0 Å². The SMILES string of the molecule is Nc1cc(N2CCN([C@H]3CC[C@@H](n4ccc5c(F)cccc54)CC3)CC2)cnn1. The van der Waals surface area contributed by atoms with Crippen LogP contribution in [0.15, 0.2) is 42.7 Å². The molecule has 2 aliphatic rings. The van der Waals surface area contributed by atoms with E-state index in [2.05, 4.69) is 30.8 Å². The number of nitrogens with zero attached hydrogens (tertiary/aromatic N) is 5. The Kier molecular flexibility index (Phi) is 4.83. The maximum absolute atomic E-state index is 14.0. The fourth-order valence-electron chi connectivity index (χ4n) is 5.06. The number of rotatable bonds is 3. The van der Waals surface area contributed by atoms with Crippen molar-refractivity contribution >= 4 is 22.4 Å². The lowest BCUT2D eigenvalue weighted by Gasteiger charge is -2.42. The molecule has 6 nitrogen and oxygen atoms in total. The highest BCUT2D eigenvalue weighted by Gasteiger charge is 2.29. The molecule has 0 bridgehead atoms. The normalized spacial score (nSPS) is 23.6. The Balaban J connectivity index is 1.19. The van der Waals surface area contributed by atoms with Crippen LogP contribution < -0.4 is 10.6 Å². The molecule has 0 spiro atoms. The molecule has 5 rings (SSSR count). The van der Waals surface area contributed by atoms with Gasteiger partial charge in [0, 0.05) is 55.9 Å². The van der Waals surface area contributed by atoms with E-state index in [9.17, 15) is 4.39 Å². The third-order valence-corrected chi connectivity index (χ3v) is 6.62. The van der Waals surface area contributed by atoms with Crippen molar-refractivity contribution in [1.82, 2.24) is 19.7 Å². The van der Waals surface area contributed by atoms with E-state index in [1.807, 2.05) is 24.3 Å². The Morgan fingerprint density at radius 3 is 2.48 bits per heavy atom. The molecular weight excluding hydrogens is 367 g/mol. The first kappa shape index (κ1) is 18.4. The molecule has 2 fully saturated rings. The van der Waals surface area contributed by atoms with Crippen molar-refractivity contribution in [2.24, 2.45) is 0 Å². The number of aromatic nitrogens is 3. The van der Waals surface area contributed by atoms with Gasteiger partial charge in [-0.25, -0.2) is 4.39 Å². The molecule has 29 heavy (non-hydrogen) atoms. The van der Waals surface area contributed by atoms with Gasteiger partial charge in [0.1, 0.15) is 11.6 Å². The summed E-state index contributed by atoms with van der Waals surface area (Å²) >= 11 is 0. The fraction of sp³-hybridized carbons (Fsp3) is 0.455. The number of halogens is 1. The van der Waals surface area contributed by atoms with E-state index in [-0.39, 0.29) is 5.82 Å². The minimum absolute atomic E-state index is 0.126. The maximum atomic E-state index is 14.0. The van der Waals surface area contributed by atoms with Crippen LogP contribution >= 0.6 is 0 Å². The summed E-state index contributed by atoms with van der Waals surface area (Å²) < 4.78 is 16.3. The third-order valence-electron chi connectivity index (χ3n) is 6.62. The maximum Gasteiger partial charge on any atom is 0.148 e. The summed E-state index contributed by atoms with van der Waals surface area (Å²) in [6.45, 7) is 4.11. The van der Waals surface area contributed by atoms with Crippen LogP contribution in [-0.4, -0.2) is 51.9 Å². The number of fused-ring (bicyclic) bond motifs is 1. The van der Waals surface area contributed by atoms with E-state index in [1.54, 1.807) is 12.3 Å². The predicted octanol–water partition coefficient (Wildman–Crippen LogP) is 3.46. The smallest absolute Gasteiger partial charge is 0.148 e. The highest BCUT2D eigenvalue weighted by molar-refractivity contribution is 5.80. The largest absolute Gasteiger partial charge is 0.382 e. The van der Waals surface area contributed by atoms with Gasteiger partial charge in [-0.1, -0.05) is 6.07 Å². The van der Waals surface area contributed by atoms with Gasteiger partial charge in [-0.05, 0) is 43.9 Å². The average Bonchev–Trinajstić information content (AvgIpc) is 3.20. The van der Waals surface area contributed by atoms with Gasteiger partial charge in [0.2, 0.25) is 0 Å². The summed E-state index contributed by atoms with van der Waals surface area (Å²) in [5.41, 5.74) is 7.86. The molecule has 1 aromatic carbocycles. The van der Waals surface area contributed by atoms with Crippen molar-refractivity contribution in [2.45, 2.75) is 37.8 Å². The lowest BCUT2D eigenvalue weighted by molar-refractivity contribution is 0.131. The molecular formula is C22H27FN6. The van der Waals surface area contributed by atoms with Gasteiger partial charge in [0.05, 0.1) is 17.4 Å². The van der Waals surface area contributed by atoms with Gasteiger partial charge in [-0.15, -0.1) is 5.10 Å². The summed E-state index contributed by atoms with van der Waals surface area (Å²) in [5, 5.41) is 8.55. The van der Waals surface area contributed by atoms with Crippen molar-refractivity contribution in [3.8, 4) is 0 Å². The first-order valence-electron chi connectivity index (χ1n) is 10.5. The molecule has 2 aromatic heterocycles. The molecule has 0 radical (unpaired) electrons. The molecule has 1 aliphatic carbocycles. The van der Waals surface area contributed by atoms with Gasteiger partial charge >= 0.3 is 0 Å². The predicted molar refractivity (Wildman–Crippen MR) is 113 cm³/mol.